The van der Waals surface area contributed by atoms with Crippen LogP contribution < -0.4 is 4.90 Å². The van der Waals surface area contributed by atoms with Gasteiger partial charge in [-0.05, 0) is 115 Å². The molecule has 60 heavy (non-hydrogen) atoms. The van der Waals surface area contributed by atoms with Crippen LogP contribution in [0, 0.1) is 0 Å². The Kier molecular flexibility index (Phi) is 5.47. The third kappa shape index (κ3) is 4.88. The fraction of sp³-hybridized carbons (Fsp3) is 0.0690. The number of nitrogens with zero attached hydrogens (tertiary/aromatic N) is 1. The average Bonchev–Trinajstić information content (AvgIpc) is 4.01. The van der Waals surface area contributed by atoms with Gasteiger partial charge >= 0.3 is 0 Å². The molecule has 284 valence electrons. The highest BCUT2D eigenvalue weighted by Gasteiger charge is 2.46. The molecule has 0 unspecified atom stereocenters. The molecule has 0 saturated heterocycles. The van der Waals surface area contributed by atoms with Crippen LogP contribution in [0.3, 0.4) is 0 Å². The Morgan fingerprint density at radius 2 is 1.10 bits per heavy atom. The Labute approximate surface area is 366 Å². The van der Waals surface area contributed by atoms with Crippen molar-refractivity contribution in [3.05, 3.63) is 246 Å². The molecule has 0 amide bonds. The molecule has 0 bridgehead atoms. The predicted octanol–water partition coefficient (Wildman–Crippen LogP) is 15.4. The lowest BCUT2D eigenvalue weighted by atomic mass is 9.67. The summed E-state index contributed by atoms with van der Waals surface area (Å²) in [6, 6.07) is 56.6. The van der Waals surface area contributed by atoms with Crippen LogP contribution in [0.4, 0.5) is 17.1 Å². The van der Waals surface area contributed by atoms with Gasteiger partial charge in [-0.1, -0.05) is 177 Å². The molecule has 2 nitrogen and oxygen atoms in total. The number of hydrogen-bond donors (Lipinski definition) is 0. The zero-order valence-corrected chi connectivity index (χ0v) is 32.2. The van der Waals surface area contributed by atoms with Crippen LogP contribution in [0.5, 0.6) is 0 Å². The van der Waals surface area contributed by atoms with Gasteiger partial charge in [0, 0.05) is 30.4 Å². The highest BCUT2D eigenvalue weighted by molar-refractivity contribution is 6.14. The highest BCUT2D eigenvalue weighted by atomic mass is 16.3. The molecule has 0 fully saturated rings. The zero-order chi connectivity index (χ0) is 49.4. The van der Waals surface area contributed by atoms with E-state index in [1.807, 2.05) is 65.6 Å². The summed E-state index contributed by atoms with van der Waals surface area (Å²) in [4.78, 5) is 2.01. The van der Waals surface area contributed by atoms with Gasteiger partial charge in [-0.2, -0.15) is 0 Å². The molecule has 9 aromatic carbocycles. The normalized spacial score (nSPS) is 17.2. The van der Waals surface area contributed by atoms with Crippen LogP contribution in [0.1, 0.15) is 62.2 Å². The summed E-state index contributed by atoms with van der Waals surface area (Å²) < 4.78 is 104. The molecule has 2 aliphatic rings. The molecular formula is C58H41NO. The maximum Gasteiger partial charge on any atom is 0.137 e. The van der Waals surface area contributed by atoms with Gasteiger partial charge in [-0.25, -0.2) is 0 Å². The minimum absolute atomic E-state index is 0.0430. The minimum Gasteiger partial charge on any atom is -0.456 e. The quantitative estimate of drug-likeness (QED) is 0.167. The van der Waals surface area contributed by atoms with E-state index in [0.29, 0.717) is 55.7 Å². The molecular weight excluding hydrogens is 727 g/mol. The van der Waals surface area contributed by atoms with Gasteiger partial charge in [-0.3, -0.25) is 0 Å². The first kappa shape index (κ1) is 25.2. The molecule has 0 saturated carbocycles. The fourth-order valence-corrected chi connectivity index (χ4v) is 9.97. The van der Waals surface area contributed by atoms with Crippen LogP contribution in [-0.2, 0) is 10.8 Å². The number of benzene rings is 9. The van der Waals surface area contributed by atoms with Crippen molar-refractivity contribution in [1.29, 1.82) is 0 Å². The second-order valence-corrected chi connectivity index (χ2v) is 15.6. The van der Waals surface area contributed by atoms with Gasteiger partial charge in [0.05, 0.1) is 23.3 Å². The van der Waals surface area contributed by atoms with Crippen LogP contribution in [0.15, 0.2) is 217 Å². The molecule has 2 aliphatic carbocycles. The van der Waals surface area contributed by atoms with Gasteiger partial charge in [0.1, 0.15) is 11.2 Å². The minimum atomic E-state index is -3.01. The Hall–Kier alpha value is -7.42. The topological polar surface area (TPSA) is 16.4 Å². The molecule has 12 rings (SSSR count). The number of rotatable bonds is 6. The summed E-state index contributed by atoms with van der Waals surface area (Å²) in [5.74, 6) is 0. The third-order valence-corrected chi connectivity index (χ3v) is 12.5. The van der Waals surface area contributed by atoms with Crippen molar-refractivity contribution < 1.29 is 19.5 Å². The summed E-state index contributed by atoms with van der Waals surface area (Å²) >= 11 is 0. The second-order valence-electron chi connectivity index (χ2n) is 15.6. The summed E-state index contributed by atoms with van der Waals surface area (Å²) in [6.45, 7) is -6.01. The first-order chi connectivity index (χ1) is 34.1. The van der Waals surface area contributed by atoms with E-state index in [4.69, 9.17) is 19.5 Å². The second kappa shape index (κ2) is 13.0. The van der Waals surface area contributed by atoms with Crippen molar-refractivity contribution >= 4 is 39.0 Å². The lowest BCUT2D eigenvalue weighted by Crippen LogP contribution is -2.28. The molecule has 0 atom stereocenters. The fourth-order valence-electron chi connectivity index (χ4n) is 9.97. The Morgan fingerprint density at radius 1 is 0.467 bits per heavy atom. The SMILES string of the molecule is [2H]c1c([2H])c([2H])c(-c2ccc3oc4cccc(N(c5cccc(C6(c7ccccc7)c7ccccc7-c7ccccc76)c5)c5ccc6c(c5)C(C([2H])([2H])[2H])(C([2H])([2H])[2H])c5ccccc5-6)c4c3c2)c([2H])c1[2H]. The monoisotopic (exact) mass is 778 g/mol. The van der Waals surface area contributed by atoms with E-state index < -0.39 is 42.7 Å². The van der Waals surface area contributed by atoms with Gasteiger partial charge < -0.3 is 9.32 Å². The lowest BCUT2D eigenvalue weighted by molar-refractivity contribution is 0.660. The predicted molar refractivity (Wildman–Crippen MR) is 249 cm³/mol. The lowest BCUT2D eigenvalue weighted by Gasteiger charge is -2.35. The van der Waals surface area contributed by atoms with Crippen LogP contribution in [0.2, 0.25) is 0 Å². The van der Waals surface area contributed by atoms with E-state index in [1.165, 1.54) is 0 Å². The molecule has 2 heteroatoms. The van der Waals surface area contributed by atoms with Crippen molar-refractivity contribution in [1.82, 2.24) is 0 Å². The van der Waals surface area contributed by atoms with Crippen molar-refractivity contribution in [3.8, 4) is 33.4 Å². The van der Waals surface area contributed by atoms with Crippen molar-refractivity contribution in [2.45, 2.75) is 24.5 Å². The maximum absolute atomic E-state index is 9.07. The first-order valence-corrected chi connectivity index (χ1v) is 20.0. The van der Waals surface area contributed by atoms with Crippen molar-refractivity contribution in [2.24, 2.45) is 0 Å². The summed E-state index contributed by atoms with van der Waals surface area (Å²) in [5.41, 5.74) is 7.86. The molecule has 1 heterocycles. The van der Waals surface area contributed by atoms with Crippen LogP contribution >= 0.6 is 0 Å². The third-order valence-electron chi connectivity index (χ3n) is 12.5. The number of fused-ring (bicyclic) bond motifs is 9. The average molecular weight is 779 g/mol. The summed E-state index contributed by atoms with van der Waals surface area (Å²) in [7, 11) is 0. The van der Waals surface area contributed by atoms with E-state index in [-0.39, 0.29) is 28.8 Å². The first-order valence-electron chi connectivity index (χ1n) is 25.5. The van der Waals surface area contributed by atoms with E-state index in [1.54, 1.807) is 48.5 Å². The van der Waals surface area contributed by atoms with Gasteiger partial charge in [0.25, 0.3) is 0 Å². The van der Waals surface area contributed by atoms with E-state index in [9.17, 15) is 0 Å². The maximum atomic E-state index is 9.07. The number of hydrogen-bond acceptors (Lipinski definition) is 2. The molecule has 0 N–H and O–H groups in total. The molecule has 1 aromatic heterocycles. The molecule has 0 aliphatic heterocycles. The molecule has 10 aromatic rings. The van der Waals surface area contributed by atoms with Gasteiger partial charge in [0.15, 0.2) is 0 Å². The largest absolute Gasteiger partial charge is 0.456 e. The van der Waals surface area contributed by atoms with E-state index in [0.717, 1.165) is 33.4 Å². The molecule has 0 radical (unpaired) electrons. The van der Waals surface area contributed by atoms with Crippen LogP contribution in [0.25, 0.3) is 55.3 Å². The summed E-state index contributed by atoms with van der Waals surface area (Å²) in [6.07, 6.45) is 0. The Bertz CT molecular complexity index is 3750. The Balaban J connectivity index is 1.17. The van der Waals surface area contributed by atoms with Gasteiger partial charge in [0.2, 0.25) is 0 Å². The Morgan fingerprint density at radius 3 is 1.85 bits per heavy atom. The van der Waals surface area contributed by atoms with Gasteiger partial charge in [-0.15, -0.1) is 0 Å². The smallest absolute Gasteiger partial charge is 0.137 e. The van der Waals surface area contributed by atoms with E-state index in [2.05, 4.69) is 72.8 Å². The van der Waals surface area contributed by atoms with E-state index >= 15 is 0 Å². The number of furan rings is 1. The van der Waals surface area contributed by atoms with Crippen molar-refractivity contribution in [2.75, 3.05) is 4.90 Å². The highest BCUT2D eigenvalue weighted by Crippen LogP contribution is 2.57. The molecule has 0 spiro atoms. The van der Waals surface area contributed by atoms with Crippen molar-refractivity contribution in [3.63, 3.8) is 0 Å². The summed E-state index contributed by atoms with van der Waals surface area (Å²) in [5, 5.41) is 1.21. The standard InChI is InChI=1S/C58H41NO/c1-57(2)49-26-12-9-23-44(49)47-33-32-43(37-52(47)57)59(53-29-16-30-55-56(53)48-35-39(31-34-54(48)60-55)38-17-5-3-6-18-38)42-22-15-21-41(36-42)58(40-19-7-4-8-20-40)50-27-13-10-24-45(50)46-25-11-14-28-51(46)58/h3-37H,1-2H3/i1D3,2D3,3D,5D,6D,17D,18D. The van der Waals surface area contributed by atoms with Crippen LogP contribution in [-0.4, -0.2) is 0 Å². The zero-order valence-electron chi connectivity index (χ0n) is 43.2. The number of anilines is 3.